The largest absolute Gasteiger partial charge is 0.494 e. The van der Waals surface area contributed by atoms with Gasteiger partial charge < -0.3 is 4.74 Å². The average molecular weight is 249 g/mol. The predicted molar refractivity (Wildman–Crippen MR) is 56.5 cm³/mol. The van der Waals surface area contributed by atoms with Crippen LogP contribution >= 0.6 is 0 Å². The van der Waals surface area contributed by atoms with Crippen molar-refractivity contribution in [1.29, 1.82) is 0 Å². The van der Waals surface area contributed by atoms with Crippen molar-refractivity contribution in [1.82, 2.24) is 5.48 Å². The number of hydroxylamine groups is 1. The molecule has 0 amide bonds. The summed E-state index contributed by atoms with van der Waals surface area (Å²) in [5, 5.41) is 0. The van der Waals surface area contributed by atoms with Crippen molar-refractivity contribution in [3.05, 3.63) is 29.8 Å². The van der Waals surface area contributed by atoms with Gasteiger partial charge in [0.15, 0.2) is 6.61 Å². The number of halogens is 3. The van der Waals surface area contributed by atoms with Gasteiger partial charge in [-0.1, -0.05) is 18.2 Å². The zero-order valence-corrected chi connectivity index (χ0v) is 9.38. The summed E-state index contributed by atoms with van der Waals surface area (Å²) in [6.45, 7) is 1.18. The molecule has 0 bridgehead atoms. The van der Waals surface area contributed by atoms with Crippen molar-refractivity contribution < 1.29 is 22.7 Å². The Kier molecular flexibility index (Phi) is 5.24. The molecule has 1 aromatic rings. The molecule has 0 aliphatic heterocycles. The molecule has 0 aromatic heterocycles. The fraction of sp³-hybridized carbons (Fsp3) is 0.455. The van der Waals surface area contributed by atoms with Gasteiger partial charge in [-0.15, -0.1) is 0 Å². The SMILES string of the molecule is CCOc1ccccc1CNOCC(F)(F)F. The quantitative estimate of drug-likeness (QED) is 0.621. The van der Waals surface area contributed by atoms with E-state index < -0.39 is 12.8 Å². The maximum absolute atomic E-state index is 11.8. The molecule has 0 saturated carbocycles. The molecule has 3 nitrogen and oxygen atoms in total. The first-order chi connectivity index (χ1) is 8.03. The minimum absolute atomic E-state index is 0.159. The number of rotatable bonds is 6. The van der Waals surface area contributed by atoms with Crippen molar-refractivity contribution in [3.8, 4) is 5.75 Å². The van der Waals surface area contributed by atoms with Gasteiger partial charge in [0.1, 0.15) is 5.75 Å². The minimum Gasteiger partial charge on any atom is -0.494 e. The highest BCUT2D eigenvalue weighted by Gasteiger charge is 2.27. The molecule has 0 saturated heterocycles. The standard InChI is InChI=1S/C11H14F3NO2/c1-2-16-10-6-4-3-5-9(10)7-15-17-8-11(12,13)14/h3-6,15H,2,7-8H2,1H3. The third kappa shape index (κ3) is 5.55. The third-order valence-corrected chi connectivity index (χ3v) is 1.87. The van der Waals surface area contributed by atoms with Crippen LogP contribution in [0.5, 0.6) is 5.75 Å². The van der Waals surface area contributed by atoms with Crippen LogP contribution < -0.4 is 10.2 Å². The summed E-state index contributed by atoms with van der Waals surface area (Å²) >= 11 is 0. The first-order valence-electron chi connectivity index (χ1n) is 5.15. The molecule has 6 heteroatoms. The lowest BCUT2D eigenvalue weighted by atomic mass is 10.2. The van der Waals surface area contributed by atoms with Gasteiger partial charge in [0, 0.05) is 12.1 Å². The van der Waals surface area contributed by atoms with E-state index in [-0.39, 0.29) is 6.54 Å². The van der Waals surface area contributed by atoms with Crippen molar-refractivity contribution in [2.45, 2.75) is 19.6 Å². The highest BCUT2D eigenvalue weighted by atomic mass is 19.4. The lowest BCUT2D eigenvalue weighted by Crippen LogP contribution is -2.24. The fourth-order valence-corrected chi connectivity index (χ4v) is 1.21. The number of benzene rings is 1. The highest BCUT2D eigenvalue weighted by molar-refractivity contribution is 5.32. The van der Waals surface area contributed by atoms with Gasteiger partial charge in [-0.2, -0.15) is 18.7 Å². The van der Waals surface area contributed by atoms with Gasteiger partial charge in [0.2, 0.25) is 0 Å². The lowest BCUT2D eigenvalue weighted by Gasteiger charge is -2.11. The second-order valence-corrected chi connectivity index (χ2v) is 3.27. The van der Waals surface area contributed by atoms with E-state index >= 15 is 0 Å². The zero-order chi connectivity index (χ0) is 12.7. The second-order valence-electron chi connectivity index (χ2n) is 3.27. The topological polar surface area (TPSA) is 30.5 Å². The molecular formula is C11H14F3NO2. The molecule has 96 valence electrons. The van der Waals surface area contributed by atoms with Gasteiger partial charge in [-0.05, 0) is 13.0 Å². The number of ether oxygens (including phenoxy) is 1. The van der Waals surface area contributed by atoms with Gasteiger partial charge in [-0.25, -0.2) is 0 Å². The van der Waals surface area contributed by atoms with Crippen molar-refractivity contribution in [2.24, 2.45) is 0 Å². The predicted octanol–water partition coefficient (Wildman–Crippen LogP) is 2.67. The summed E-state index contributed by atoms with van der Waals surface area (Å²) in [5.74, 6) is 0.637. The maximum atomic E-state index is 11.8. The van der Waals surface area contributed by atoms with E-state index in [2.05, 4.69) is 10.3 Å². The van der Waals surface area contributed by atoms with Crippen molar-refractivity contribution in [3.63, 3.8) is 0 Å². The van der Waals surface area contributed by atoms with Crippen LogP contribution in [0.1, 0.15) is 12.5 Å². The van der Waals surface area contributed by atoms with E-state index in [0.29, 0.717) is 12.4 Å². The van der Waals surface area contributed by atoms with Crippen molar-refractivity contribution in [2.75, 3.05) is 13.2 Å². The molecular weight excluding hydrogens is 235 g/mol. The number of nitrogens with one attached hydrogen (secondary N) is 1. The molecule has 0 spiro atoms. The third-order valence-electron chi connectivity index (χ3n) is 1.87. The van der Waals surface area contributed by atoms with E-state index in [1.807, 2.05) is 6.92 Å². The number of para-hydroxylation sites is 1. The average Bonchev–Trinajstić information content (AvgIpc) is 2.25. The molecule has 1 N–H and O–H groups in total. The van der Waals surface area contributed by atoms with E-state index in [9.17, 15) is 13.2 Å². The molecule has 1 rings (SSSR count). The Balaban J connectivity index is 2.41. The van der Waals surface area contributed by atoms with E-state index in [4.69, 9.17) is 4.74 Å². The van der Waals surface area contributed by atoms with Crippen LogP contribution in [0.25, 0.3) is 0 Å². The molecule has 1 aromatic carbocycles. The van der Waals surface area contributed by atoms with Crippen LogP contribution in [-0.2, 0) is 11.4 Å². The monoisotopic (exact) mass is 249 g/mol. The van der Waals surface area contributed by atoms with Gasteiger partial charge in [0.05, 0.1) is 6.61 Å². The molecule has 0 unspecified atom stereocenters. The summed E-state index contributed by atoms with van der Waals surface area (Å²) in [6.07, 6.45) is -4.33. The van der Waals surface area contributed by atoms with Gasteiger partial charge in [-0.3, -0.25) is 4.84 Å². The van der Waals surface area contributed by atoms with Gasteiger partial charge >= 0.3 is 6.18 Å². The Morgan fingerprint density at radius 1 is 1.24 bits per heavy atom. The van der Waals surface area contributed by atoms with Crippen LogP contribution in [0.3, 0.4) is 0 Å². The minimum atomic E-state index is -4.33. The summed E-state index contributed by atoms with van der Waals surface area (Å²) in [5.41, 5.74) is 3.00. The first-order valence-corrected chi connectivity index (χ1v) is 5.15. The number of hydrogen-bond donors (Lipinski definition) is 1. The Labute approximate surface area is 97.5 Å². The molecule has 0 atom stereocenters. The molecule has 0 heterocycles. The van der Waals surface area contributed by atoms with Crippen LogP contribution in [0.15, 0.2) is 24.3 Å². The molecule has 0 aliphatic rings. The summed E-state index contributed by atoms with van der Waals surface area (Å²) in [6, 6.07) is 7.09. The second kappa shape index (κ2) is 6.46. The van der Waals surface area contributed by atoms with Crippen LogP contribution in [0.2, 0.25) is 0 Å². The maximum Gasteiger partial charge on any atom is 0.413 e. The summed E-state index contributed by atoms with van der Waals surface area (Å²) < 4.78 is 40.7. The number of hydrogen-bond acceptors (Lipinski definition) is 3. The number of alkyl halides is 3. The molecule has 0 fully saturated rings. The zero-order valence-electron chi connectivity index (χ0n) is 9.38. The normalized spacial score (nSPS) is 11.5. The smallest absolute Gasteiger partial charge is 0.413 e. The van der Waals surface area contributed by atoms with Crippen molar-refractivity contribution >= 4 is 0 Å². The fourth-order valence-electron chi connectivity index (χ4n) is 1.21. The van der Waals surface area contributed by atoms with E-state index in [1.165, 1.54) is 0 Å². The van der Waals surface area contributed by atoms with E-state index in [1.54, 1.807) is 24.3 Å². The Morgan fingerprint density at radius 2 is 1.94 bits per heavy atom. The highest BCUT2D eigenvalue weighted by Crippen LogP contribution is 2.18. The first kappa shape index (κ1) is 13.8. The van der Waals surface area contributed by atoms with E-state index in [0.717, 1.165) is 5.56 Å². The molecule has 0 radical (unpaired) electrons. The van der Waals surface area contributed by atoms with Crippen LogP contribution in [0, 0.1) is 0 Å². The Bertz CT molecular complexity index is 342. The Morgan fingerprint density at radius 3 is 2.59 bits per heavy atom. The van der Waals surface area contributed by atoms with Crippen LogP contribution in [0.4, 0.5) is 13.2 Å². The van der Waals surface area contributed by atoms with Crippen LogP contribution in [-0.4, -0.2) is 19.4 Å². The van der Waals surface area contributed by atoms with Gasteiger partial charge in [0.25, 0.3) is 0 Å². The lowest BCUT2D eigenvalue weighted by molar-refractivity contribution is -0.190. The summed E-state index contributed by atoms with van der Waals surface area (Å²) in [7, 11) is 0. The molecule has 17 heavy (non-hydrogen) atoms. The Hall–Kier alpha value is -1.27. The molecule has 0 aliphatic carbocycles. The summed E-state index contributed by atoms with van der Waals surface area (Å²) in [4.78, 5) is 4.30.